The van der Waals surface area contributed by atoms with E-state index in [1.807, 2.05) is 49.1 Å². The maximum absolute atomic E-state index is 11.7. The minimum Gasteiger partial charge on any atom is -0.355 e. The van der Waals surface area contributed by atoms with Crippen LogP contribution in [-0.2, 0) is 4.79 Å². The van der Waals surface area contributed by atoms with E-state index in [0.29, 0.717) is 19.5 Å². The van der Waals surface area contributed by atoms with Crippen molar-refractivity contribution in [2.24, 2.45) is 0 Å². The van der Waals surface area contributed by atoms with E-state index in [1.54, 1.807) is 0 Å². The second-order valence-electron chi connectivity index (χ2n) is 4.31. The Morgan fingerprint density at radius 3 is 2.58 bits per heavy atom. The molecular formula is C15H21N3O. The Balaban J connectivity index is 2.84. The number of carbonyl (C=O) groups excluding carboxylic acids is 1. The zero-order valence-electron chi connectivity index (χ0n) is 11.6. The van der Waals surface area contributed by atoms with Gasteiger partial charge in [-0.2, -0.15) is 5.26 Å². The molecule has 0 aliphatic heterocycles. The Labute approximate surface area is 115 Å². The molecule has 0 aromatic heterocycles. The van der Waals surface area contributed by atoms with Crippen molar-refractivity contribution in [3.8, 4) is 6.07 Å². The van der Waals surface area contributed by atoms with Gasteiger partial charge >= 0.3 is 0 Å². The third-order valence-electron chi connectivity index (χ3n) is 3.04. The maximum Gasteiger partial charge on any atom is 0.234 e. The topological polar surface area (TPSA) is 56.1 Å². The minimum absolute atomic E-state index is 0.00298. The van der Waals surface area contributed by atoms with Crippen molar-refractivity contribution in [1.29, 1.82) is 5.26 Å². The van der Waals surface area contributed by atoms with Gasteiger partial charge in [0.05, 0.1) is 19.0 Å². The summed E-state index contributed by atoms with van der Waals surface area (Å²) in [4.78, 5) is 13.7. The highest BCUT2D eigenvalue weighted by Crippen LogP contribution is 2.23. The van der Waals surface area contributed by atoms with Gasteiger partial charge in [-0.1, -0.05) is 37.3 Å². The molecule has 1 unspecified atom stereocenters. The third-order valence-corrected chi connectivity index (χ3v) is 3.04. The van der Waals surface area contributed by atoms with Gasteiger partial charge in [0.15, 0.2) is 0 Å². The lowest BCUT2D eigenvalue weighted by Crippen LogP contribution is -2.39. The van der Waals surface area contributed by atoms with Crippen LogP contribution in [0.2, 0.25) is 0 Å². The molecule has 0 heterocycles. The fourth-order valence-corrected chi connectivity index (χ4v) is 2.10. The quantitative estimate of drug-likeness (QED) is 0.816. The van der Waals surface area contributed by atoms with Gasteiger partial charge in [0.2, 0.25) is 5.91 Å². The molecule has 4 nitrogen and oxygen atoms in total. The van der Waals surface area contributed by atoms with Crippen LogP contribution in [0.5, 0.6) is 0 Å². The summed E-state index contributed by atoms with van der Waals surface area (Å²) >= 11 is 0. The summed E-state index contributed by atoms with van der Waals surface area (Å²) in [5.74, 6) is 0.00298. The first kappa shape index (κ1) is 15.2. The Morgan fingerprint density at radius 1 is 1.37 bits per heavy atom. The highest BCUT2D eigenvalue weighted by atomic mass is 16.2. The van der Waals surface area contributed by atoms with Gasteiger partial charge in [0, 0.05) is 12.6 Å². The average molecular weight is 259 g/mol. The predicted molar refractivity (Wildman–Crippen MR) is 75.3 cm³/mol. The van der Waals surface area contributed by atoms with Crippen LogP contribution < -0.4 is 5.32 Å². The number of likely N-dealkylation sites (N-methyl/N-ethyl adjacent to an activating group) is 2. The van der Waals surface area contributed by atoms with Crippen molar-refractivity contribution in [2.75, 3.05) is 19.6 Å². The van der Waals surface area contributed by atoms with Crippen LogP contribution in [0.25, 0.3) is 0 Å². The zero-order valence-corrected chi connectivity index (χ0v) is 11.6. The fraction of sp³-hybridized carbons (Fsp3) is 0.467. The number of carbonyl (C=O) groups is 1. The van der Waals surface area contributed by atoms with Crippen LogP contribution in [0.15, 0.2) is 30.3 Å². The van der Waals surface area contributed by atoms with Crippen molar-refractivity contribution in [3.63, 3.8) is 0 Å². The van der Waals surface area contributed by atoms with E-state index < -0.39 is 0 Å². The minimum atomic E-state index is -0.0289. The standard InChI is InChI=1S/C15H21N3O/c1-3-17-15(19)12-18(4-2)14(10-11-16)13-8-6-5-7-9-13/h5-9,14H,3-4,10,12H2,1-2H3,(H,17,19). The molecule has 0 spiro atoms. The van der Waals surface area contributed by atoms with Gasteiger partial charge in [-0.15, -0.1) is 0 Å². The molecule has 0 aliphatic rings. The molecule has 0 bridgehead atoms. The smallest absolute Gasteiger partial charge is 0.234 e. The molecule has 1 aromatic carbocycles. The van der Waals surface area contributed by atoms with E-state index in [-0.39, 0.29) is 11.9 Å². The van der Waals surface area contributed by atoms with Crippen LogP contribution in [0.4, 0.5) is 0 Å². The Morgan fingerprint density at radius 2 is 2.05 bits per heavy atom. The van der Waals surface area contributed by atoms with Gasteiger partial charge in [-0.05, 0) is 19.0 Å². The van der Waals surface area contributed by atoms with E-state index in [2.05, 4.69) is 11.4 Å². The van der Waals surface area contributed by atoms with E-state index in [9.17, 15) is 4.79 Å². The lowest BCUT2D eigenvalue weighted by Gasteiger charge is -2.28. The zero-order chi connectivity index (χ0) is 14.1. The molecule has 0 radical (unpaired) electrons. The van der Waals surface area contributed by atoms with Crippen molar-refractivity contribution < 1.29 is 4.79 Å². The molecule has 1 amide bonds. The first-order chi connectivity index (χ1) is 9.22. The largest absolute Gasteiger partial charge is 0.355 e. The number of nitrogens with one attached hydrogen (secondary N) is 1. The number of hydrogen-bond acceptors (Lipinski definition) is 3. The number of hydrogen-bond donors (Lipinski definition) is 1. The molecule has 19 heavy (non-hydrogen) atoms. The highest BCUT2D eigenvalue weighted by molar-refractivity contribution is 5.78. The molecule has 0 fully saturated rings. The summed E-state index contributed by atoms with van der Waals surface area (Å²) in [6.45, 7) is 5.60. The van der Waals surface area contributed by atoms with Crippen LogP contribution in [0.3, 0.4) is 0 Å². The molecule has 1 rings (SSSR count). The summed E-state index contributed by atoms with van der Waals surface area (Å²) in [5.41, 5.74) is 1.08. The fourth-order valence-electron chi connectivity index (χ4n) is 2.10. The summed E-state index contributed by atoms with van der Waals surface area (Å²) in [6.07, 6.45) is 0.386. The van der Waals surface area contributed by atoms with Gasteiger partial charge in [0.1, 0.15) is 0 Å². The molecular weight excluding hydrogens is 238 g/mol. The lowest BCUT2D eigenvalue weighted by molar-refractivity contribution is -0.122. The first-order valence-corrected chi connectivity index (χ1v) is 6.65. The maximum atomic E-state index is 11.7. The predicted octanol–water partition coefficient (Wildman–Crippen LogP) is 2.10. The van der Waals surface area contributed by atoms with Gasteiger partial charge in [0.25, 0.3) is 0 Å². The summed E-state index contributed by atoms with van der Waals surface area (Å²) in [6, 6.07) is 12.1. The second kappa shape index (κ2) is 8.28. The number of benzene rings is 1. The number of amides is 1. The summed E-state index contributed by atoms with van der Waals surface area (Å²) in [7, 11) is 0. The van der Waals surface area contributed by atoms with E-state index in [4.69, 9.17) is 5.26 Å². The second-order valence-corrected chi connectivity index (χ2v) is 4.31. The molecule has 1 aromatic rings. The molecule has 0 saturated heterocycles. The Hall–Kier alpha value is -1.86. The van der Waals surface area contributed by atoms with E-state index in [0.717, 1.165) is 12.1 Å². The van der Waals surface area contributed by atoms with Gasteiger partial charge in [-0.3, -0.25) is 9.69 Å². The molecule has 1 atom stereocenters. The molecule has 102 valence electrons. The van der Waals surface area contributed by atoms with Crippen LogP contribution in [0, 0.1) is 11.3 Å². The monoisotopic (exact) mass is 259 g/mol. The van der Waals surface area contributed by atoms with Crippen molar-refractivity contribution in [2.45, 2.75) is 26.3 Å². The Bertz CT molecular complexity index is 425. The summed E-state index contributed by atoms with van der Waals surface area (Å²) in [5, 5.41) is 11.8. The van der Waals surface area contributed by atoms with E-state index >= 15 is 0 Å². The highest BCUT2D eigenvalue weighted by Gasteiger charge is 2.20. The number of nitrogens with zero attached hydrogens (tertiary/aromatic N) is 2. The van der Waals surface area contributed by atoms with Crippen molar-refractivity contribution in [3.05, 3.63) is 35.9 Å². The average Bonchev–Trinajstić information content (AvgIpc) is 2.44. The first-order valence-electron chi connectivity index (χ1n) is 6.65. The van der Waals surface area contributed by atoms with Crippen LogP contribution >= 0.6 is 0 Å². The van der Waals surface area contributed by atoms with Crippen molar-refractivity contribution in [1.82, 2.24) is 10.2 Å². The number of rotatable bonds is 7. The van der Waals surface area contributed by atoms with Crippen LogP contribution in [-0.4, -0.2) is 30.4 Å². The lowest BCUT2D eigenvalue weighted by atomic mass is 10.0. The molecule has 0 saturated carbocycles. The molecule has 0 aliphatic carbocycles. The Kier molecular flexibility index (Phi) is 6.62. The van der Waals surface area contributed by atoms with Crippen LogP contribution in [0.1, 0.15) is 31.9 Å². The van der Waals surface area contributed by atoms with Gasteiger partial charge < -0.3 is 5.32 Å². The number of nitriles is 1. The van der Waals surface area contributed by atoms with Gasteiger partial charge in [-0.25, -0.2) is 0 Å². The molecule has 1 N–H and O–H groups in total. The SMILES string of the molecule is CCNC(=O)CN(CC)C(CC#N)c1ccccc1. The summed E-state index contributed by atoms with van der Waals surface area (Å²) < 4.78 is 0. The third kappa shape index (κ3) is 4.72. The normalized spacial score (nSPS) is 11.9. The van der Waals surface area contributed by atoms with E-state index in [1.165, 1.54) is 0 Å². The van der Waals surface area contributed by atoms with Crippen molar-refractivity contribution >= 4 is 5.91 Å². The molecule has 4 heteroatoms.